The summed E-state index contributed by atoms with van der Waals surface area (Å²) >= 11 is 0. The number of carbonyl (C=O) groups excluding carboxylic acids is 3. The molecule has 0 aliphatic heterocycles. The molecule has 3 rings (SSSR count). The number of benzene rings is 3. The van der Waals surface area contributed by atoms with Crippen LogP contribution in [0.25, 0.3) is 0 Å². The maximum Gasteiger partial charge on any atom is 0.408 e. The van der Waals surface area contributed by atoms with Gasteiger partial charge in [0.2, 0.25) is 11.8 Å². The maximum atomic E-state index is 14.7. The minimum Gasteiger partial charge on any atom is -0.508 e. The number of aryl methyl sites for hydroxylation is 2. The van der Waals surface area contributed by atoms with E-state index in [2.05, 4.69) is 17.6 Å². The number of alkyl carbamates (subject to hydrolysis) is 1. The number of phenols is 1. The van der Waals surface area contributed by atoms with E-state index >= 15 is 0 Å². The molecule has 0 heterocycles. The molecule has 2 atom stereocenters. The van der Waals surface area contributed by atoms with Crippen LogP contribution in [0.3, 0.4) is 0 Å². The summed E-state index contributed by atoms with van der Waals surface area (Å²) in [5.41, 5.74) is 3.49. The van der Waals surface area contributed by atoms with E-state index < -0.39 is 23.8 Å². The fourth-order valence-corrected chi connectivity index (χ4v) is 5.36. The van der Waals surface area contributed by atoms with Gasteiger partial charge < -0.3 is 25.4 Å². The van der Waals surface area contributed by atoms with E-state index in [1.165, 1.54) is 0 Å². The van der Waals surface area contributed by atoms with Crippen molar-refractivity contribution in [2.24, 2.45) is 0 Å². The van der Waals surface area contributed by atoms with Crippen LogP contribution >= 0.6 is 0 Å². The number of aromatic hydroxyl groups is 1. The lowest BCUT2D eigenvalue weighted by Crippen LogP contribution is -2.54. The van der Waals surface area contributed by atoms with Gasteiger partial charge in [0.25, 0.3) is 0 Å². The molecule has 0 radical (unpaired) electrons. The van der Waals surface area contributed by atoms with E-state index in [9.17, 15) is 19.5 Å². The predicted octanol–water partition coefficient (Wildman–Crippen LogP) is 6.91. The molecule has 0 aliphatic carbocycles. The quantitative estimate of drug-likeness (QED) is 0.171. The Morgan fingerprint density at radius 3 is 2.09 bits per heavy atom. The van der Waals surface area contributed by atoms with Gasteiger partial charge in [-0.05, 0) is 81.0 Å². The zero-order valence-electron chi connectivity index (χ0n) is 27.6. The summed E-state index contributed by atoms with van der Waals surface area (Å²) in [5, 5.41) is 15.7. The average Bonchev–Trinajstić information content (AvgIpc) is 2.98. The van der Waals surface area contributed by atoms with Gasteiger partial charge in [-0.1, -0.05) is 86.8 Å². The zero-order chi connectivity index (χ0) is 33.0. The molecule has 3 N–H and O–H groups in total. The Bertz CT molecular complexity index is 1380. The molecular weight excluding hydrogens is 566 g/mol. The van der Waals surface area contributed by atoms with Crippen LogP contribution in [0.15, 0.2) is 72.8 Å². The topological polar surface area (TPSA) is 108 Å². The summed E-state index contributed by atoms with van der Waals surface area (Å²) in [6, 6.07) is 20.1. The van der Waals surface area contributed by atoms with Gasteiger partial charge in [-0.25, -0.2) is 4.79 Å². The number of nitrogens with one attached hydrogen (secondary N) is 2. The van der Waals surface area contributed by atoms with Gasteiger partial charge in [0.05, 0.1) is 0 Å². The molecule has 3 aromatic rings. The molecule has 0 saturated heterocycles. The Kier molecular flexibility index (Phi) is 13.0. The zero-order valence-corrected chi connectivity index (χ0v) is 27.6. The minimum absolute atomic E-state index is 0.101. The third kappa shape index (κ3) is 11.0. The van der Waals surface area contributed by atoms with Crippen LogP contribution in [0, 0.1) is 13.8 Å². The highest BCUT2D eigenvalue weighted by molar-refractivity contribution is 5.92. The number of ether oxygens (including phenoxy) is 1. The van der Waals surface area contributed by atoms with Gasteiger partial charge in [0, 0.05) is 19.5 Å². The molecule has 0 spiro atoms. The van der Waals surface area contributed by atoms with Gasteiger partial charge in [0.15, 0.2) is 0 Å². The van der Waals surface area contributed by atoms with Crippen LogP contribution in [0.2, 0.25) is 0 Å². The summed E-state index contributed by atoms with van der Waals surface area (Å²) in [6.07, 6.45) is 3.05. The van der Waals surface area contributed by atoms with Gasteiger partial charge in [-0.2, -0.15) is 0 Å². The standard InChI is InChI=1S/C37H49N3O5/c1-7-8-9-13-23-40(35(43)31(39-36(44)45-37(4,5)6)24-28-19-21-30(41)22-20-28)33(32-26(2)15-14-16-27(32)3)34(42)38-25-29-17-11-10-12-18-29/h10-12,14-22,31,33,41H,7-9,13,23-25H2,1-6H3,(H,38,42)(H,39,44). The van der Waals surface area contributed by atoms with E-state index in [0.717, 1.165) is 47.1 Å². The van der Waals surface area contributed by atoms with Crippen LogP contribution in [0.4, 0.5) is 4.79 Å². The van der Waals surface area contributed by atoms with E-state index in [1.54, 1.807) is 49.9 Å². The third-order valence-corrected chi connectivity index (χ3v) is 7.59. The molecule has 0 bridgehead atoms. The van der Waals surface area contributed by atoms with Crippen molar-refractivity contribution >= 4 is 17.9 Å². The molecule has 3 aromatic carbocycles. The summed E-state index contributed by atoms with van der Waals surface area (Å²) in [4.78, 5) is 43.7. The lowest BCUT2D eigenvalue weighted by molar-refractivity contribution is -0.142. The smallest absolute Gasteiger partial charge is 0.408 e. The molecule has 3 amide bonds. The lowest BCUT2D eigenvalue weighted by atomic mass is 9.93. The molecule has 0 fully saturated rings. The van der Waals surface area contributed by atoms with Gasteiger partial charge in [-0.15, -0.1) is 0 Å². The van der Waals surface area contributed by atoms with Gasteiger partial charge in [-0.3, -0.25) is 9.59 Å². The molecule has 8 heteroatoms. The normalized spacial score (nSPS) is 12.6. The Labute approximate surface area is 268 Å². The van der Waals surface area contributed by atoms with Crippen LogP contribution in [0.1, 0.15) is 87.2 Å². The Hall–Kier alpha value is -4.33. The van der Waals surface area contributed by atoms with Crippen molar-refractivity contribution < 1.29 is 24.2 Å². The first-order valence-corrected chi connectivity index (χ1v) is 15.8. The van der Waals surface area contributed by atoms with Gasteiger partial charge >= 0.3 is 6.09 Å². The molecule has 45 heavy (non-hydrogen) atoms. The number of rotatable bonds is 14. The number of carbonyl (C=O) groups is 3. The highest BCUT2D eigenvalue weighted by Gasteiger charge is 2.37. The van der Waals surface area contributed by atoms with E-state index in [-0.39, 0.29) is 24.0 Å². The SMILES string of the molecule is CCCCCCN(C(=O)C(Cc1ccc(O)cc1)NC(=O)OC(C)(C)C)C(C(=O)NCc1ccccc1)c1c(C)cccc1C. The van der Waals surface area contributed by atoms with Crippen LogP contribution in [0.5, 0.6) is 5.75 Å². The van der Waals surface area contributed by atoms with Crippen LogP contribution < -0.4 is 10.6 Å². The van der Waals surface area contributed by atoms with Crippen molar-refractivity contribution in [2.45, 2.75) is 97.9 Å². The largest absolute Gasteiger partial charge is 0.508 e. The van der Waals surface area contributed by atoms with E-state index in [1.807, 2.05) is 62.4 Å². The molecule has 8 nitrogen and oxygen atoms in total. The maximum absolute atomic E-state index is 14.7. The first-order chi connectivity index (χ1) is 21.4. The number of nitrogens with zero attached hydrogens (tertiary/aromatic N) is 1. The number of unbranched alkanes of at least 4 members (excludes halogenated alkanes) is 3. The fraction of sp³-hybridized carbons (Fsp3) is 0.432. The number of hydrogen-bond acceptors (Lipinski definition) is 5. The highest BCUT2D eigenvalue weighted by Crippen LogP contribution is 2.30. The van der Waals surface area contributed by atoms with E-state index in [0.29, 0.717) is 19.5 Å². The molecule has 0 aliphatic rings. The highest BCUT2D eigenvalue weighted by atomic mass is 16.6. The van der Waals surface area contributed by atoms with Crippen molar-refractivity contribution in [2.75, 3.05) is 6.54 Å². The minimum atomic E-state index is -1.02. The first kappa shape index (κ1) is 35.2. The molecule has 2 unspecified atom stereocenters. The summed E-state index contributed by atoms with van der Waals surface area (Å²) in [6.45, 7) is 12.0. The second-order valence-corrected chi connectivity index (χ2v) is 12.6. The third-order valence-electron chi connectivity index (χ3n) is 7.59. The summed E-state index contributed by atoms with van der Waals surface area (Å²) < 4.78 is 5.55. The fourth-order valence-electron chi connectivity index (χ4n) is 5.36. The summed E-state index contributed by atoms with van der Waals surface area (Å²) in [7, 11) is 0. The van der Waals surface area contributed by atoms with Crippen LogP contribution in [-0.2, 0) is 27.3 Å². The molecule has 0 aromatic heterocycles. The first-order valence-electron chi connectivity index (χ1n) is 15.8. The molecule has 242 valence electrons. The number of hydrogen-bond donors (Lipinski definition) is 3. The second-order valence-electron chi connectivity index (χ2n) is 12.6. The Morgan fingerprint density at radius 2 is 1.49 bits per heavy atom. The van der Waals surface area contributed by atoms with Crippen molar-refractivity contribution in [1.82, 2.24) is 15.5 Å². The van der Waals surface area contributed by atoms with Crippen molar-refractivity contribution in [3.63, 3.8) is 0 Å². The predicted molar refractivity (Wildman–Crippen MR) is 178 cm³/mol. The van der Waals surface area contributed by atoms with Gasteiger partial charge in [0.1, 0.15) is 23.4 Å². The Balaban J connectivity index is 2.08. The van der Waals surface area contributed by atoms with Crippen molar-refractivity contribution in [3.05, 3.63) is 101 Å². The molecule has 0 saturated carbocycles. The van der Waals surface area contributed by atoms with Crippen LogP contribution in [-0.4, -0.2) is 46.1 Å². The second kappa shape index (κ2) is 16.7. The number of amides is 3. The lowest BCUT2D eigenvalue weighted by Gasteiger charge is -2.36. The van der Waals surface area contributed by atoms with Crippen molar-refractivity contribution in [3.8, 4) is 5.75 Å². The van der Waals surface area contributed by atoms with Crippen molar-refractivity contribution in [1.29, 1.82) is 0 Å². The monoisotopic (exact) mass is 615 g/mol. The molecular formula is C37H49N3O5. The van der Waals surface area contributed by atoms with E-state index in [4.69, 9.17) is 4.74 Å². The summed E-state index contributed by atoms with van der Waals surface area (Å²) in [5.74, 6) is -0.571. The Morgan fingerprint density at radius 1 is 0.844 bits per heavy atom. The number of phenolic OH excluding ortho intramolecular Hbond substituents is 1. The average molecular weight is 616 g/mol.